The number of allylic oxidation sites excluding steroid dienone is 6. The molecule has 9 nitrogen and oxygen atoms in total. The quantitative estimate of drug-likeness (QED) is 0.0195. The molecule has 0 aromatic heterocycles. The van der Waals surface area contributed by atoms with Crippen molar-refractivity contribution >= 4 is 17.9 Å². The molecule has 0 fully saturated rings. The van der Waals surface area contributed by atoms with Crippen molar-refractivity contribution in [2.45, 2.75) is 456 Å². The summed E-state index contributed by atoms with van der Waals surface area (Å²) in [5.41, 5.74) is 0. The van der Waals surface area contributed by atoms with Gasteiger partial charge in [-0.2, -0.15) is 0 Å². The fourth-order valence-electron chi connectivity index (χ4n) is 13.1. The van der Waals surface area contributed by atoms with E-state index in [4.69, 9.17) is 18.9 Å². The third kappa shape index (κ3) is 78.8. The van der Waals surface area contributed by atoms with Crippen LogP contribution in [0.2, 0.25) is 0 Å². The van der Waals surface area contributed by atoms with Crippen LogP contribution in [0.25, 0.3) is 0 Å². The average molecular weight is 1350 g/mol. The lowest BCUT2D eigenvalue weighted by molar-refractivity contribution is -0.870. The van der Waals surface area contributed by atoms with Crippen LogP contribution in [0.5, 0.6) is 0 Å². The Balaban J connectivity index is 3.93. The highest BCUT2D eigenvalue weighted by molar-refractivity contribution is 5.70. The van der Waals surface area contributed by atoms with Gasteiger partial charge in [0.1, 0.15) is 13.2 Å². The van der Waals surface area contributed by atoms with E-state index in [1.54, 1.807) is 0 Å². The second-order valence-electron chi connectivity index (χ2n) is 30.5. The molecule has 566 valence electrons. The van der Waals surface area contributed by atoms with Crippen molar-refractivity contribution in [2.24, 2.45) is 0 Å². The number of carboxylic acid groups (broad SMARTS) is 1. The molecule has 0 aromatic carbocycles. The Hall–Kier alpha value is -2.49. The Morgan fingerprint density at radius 1 is 0.312 bits per heavy atom. The van der Waals surface area contributed by atoms with Gasteiger partial charge in [-0.25, -0.2) is 0 Å². The van der Waals surface area contributed by atoms with Crippen LogP contribution in [0.4, 0.5) is 0 Å². The van der Waals surface area contributed by atoms with Crippen molar-refractivity contribution in [3.63, 3.8) is 0 Å². The molecule has 0 radical (unpaired) electrons. The smallest absolute Gasteiger partial charge is 0.306 e. The fourth-order valence-corrected chi connectivity index (χ4v) is 13.1. The van der Waals surface area contributed by atoms with E-state index in [1.165, 1.54) is 366 Å². The van der Waals surface area contributed by atoms with Crippen LogP contribution < -0.4 is 5.11 Å². The number of unbranched alkanes of at least 4 members (excludes halogenated alkanes) is 60. The fraction of sp³-hybridized carbons (Fsp3) is 0.897. The Morgan fingerprint density at radius 2 is 0.562 bits per heavy atom. The van der Waals surface area contributed by atoms with Gasteiger partial charge in [0, 0.05) is 12.8 Å². The number of hydrogen-bond donors (Lipinski definition) is 0. The Morgan fingerprint density at radius 3 is 0.833 bits per heavy atom. The second-order valence-corrected chi connectivity index (χ2v) is 30.5. The molecule has 2 unspecified atom stereocenters. The largest absolute Gasteiger partial charge is 0.545 e. The normalized spacial score (nSPS) is 12.7. The van der Waals surface area contributed by atoms with E-state index in [0.29, 0.717) is 17.4 Å². The summed E-state index contributed by atoms with van der Waals surface area (Å²) in [5.74, 6) is -2.24. The summed E-state index contributed by atoms with van der Waals surface area (Å²) in [7, 11) is 5.96. The van der Waals surface area contributed by atoms with Crippen LogP contribution in [0.15, 0.2) is 36.5 Å². The summed E-state index contributed by atoms with van der Waals surface area (Å²) in [6.45, 7) is 4.83. The number of ether oxygens (including phenoxy) is 4. The summed E-state index contributed by atoms with van der Waals surface area (Å²) >= 11 is 0. The summed E-state index contributed by atoms with van der Waals surface area (Å²) in [4.78, 5) is 37.6. The molecule has 0 saturated carbocycles. The monoisotopic (exact) mass is 1350 g/mol. The highest BCUT2D eigenvalue weighted by atomic mass is 16.7. The van der Waals surface area contributed by atoms with Crippen LogP contribution in [0.1, 0.15) is 444 Å². The van der Waals surface area contributed by atoms with Crippen LogP contribution in [0.3, 0.4) is 0 Å². The van der Waals surface area contributed by atoms with Gasteiger partial charge in [0.05, 0.1) is 40.3 Å². The lowest BCUT2D eigenvalue weighted by Crippen LogP contribution is -2.44. The number of hydrogen-bond acceptors (Lipinski definition) is 8. The number of carbonyl (C=O) groups is 3. The number of aliphatic carboxylic acids is 1. The molecule has 0 spiro atoms. The first-order valence-corrected chi connectivity index (χ1v) is 42.6. The lowest BCUT2D eigenvalue weighted by atomic mass is 10.0. The van der Waals surface area contributed by atoms with Gasteiger partial charge in [-0.1, -0.05) is 416 Å². The first kappa shape index (κ1) is 93.5. The molecule has 9 heteroatoms. The standard InChI is InChI=1S/C87H165NO8/c1-6-8-10-12-14-16-18-20-22-24-26-28-30-32-34-36-38-40-41-42-43-44-45-46-48-50-52-54-56-58-60-62-64-66-68-70-72-74-76-78-85(90)96-83(82-95-87(86(91)92)93-80-79-88(3,4)5)81-94-84(89)77-75-73-71-69-67-65-63-61-59-57-55-53-51-49-47-39-37-35-33-31-29-27-25-23-21-19-17-15-13-11-9-7-2/h18,20,24,26,30,32,83,87H,6-17,19,21-23,25,27-29,31,33-82H2,1-5H3/b20-18-,26-24-,32-30-. The molecule has 0 aliphatic rings. The van der Waals surface area contributed by atoms with Crippen LogP contribution >= 0.6 is 0 Å². The number of carboxylic acids is 1. The topological polar surface area (TPSA) is 111 Å². The van der Waals surface area contributed by atoms with E-state index in [2.05, 4.69) is 50.3 Å². The molecule has 0 saturated heterocycles. The maximum Gasteiger partial charge on any atom is 0.306 e. The van der Waals surface area contributed by atoms with Gasteiger partial charge >= 0.3 is 11.9 Å². The van der Waals surface area contributed by atoms with Crippen molar-refractivity contribution < 1.29 is 42.9 Å². The van der Waals surface area contributed by atoms with E-state index in [-0.39, 0.29) is 32.2 Å². The maximum atomic E-state index is 13.0. The van der Waals surface area contributed by atoms with Crippen molar-refractivity contribution in [3.05, 3.63) is 36.5 Å². The molecular formula is C87H165NO8. The molecule has 0 aromatic rings. The van der Waals surface area contributed by atoms with Gasteiger partial charge in [0.15, 0.2) is 12.4 Å². The highest BCUT2D eigenvalue weighted by Gasteiger charge is 2.22. The van der Waals surface area contributed by atoms with E-state index in [9.17, 15) is 19.5 Å². The summed E-state index contributed by atoms with van der Waals surface area (Å²) in [5, 5.41) is 11.9. The van der Waals surface area contributed by atoms with Gasteiger partial charge in [0.25, 0.3) is 0 Å². The number of rotatable bonds is 81. The number of esters is 2. The van der Waals surface area contributed by atoms with E-state index in [1.807, 2.05) is 21.1 Å². The number of nitrogens with zero attached hydrogens (tertiary/aromatic N) is 1. The van der Waals surface area contributed by atoms with Crippen molar-refractivity contribution in [2.75, 3.05) is 47.5 Å². The Kier molecular flexibility index (Phi) is 76.2. The minimum absolute atomic E-state index is 0.152. The van der Waals surface area contributed by atoms with Gasteiger partial charge in [0.2, 0.25) is 0 Å². The highest BCUT2D eigenvalue weighted by Crippen LogP contribution is 2.21. The molecule has 0 amide bonds. The maximum absolute atomic E-state index is 13.0. The minimum atomic E-state index is -1.62. The average Bonchev–Trinajstić information content (AvgIpc) is 2.40. The zero-order valence-corrected chi connectivity index (χ0v) is 65.0. The van der Waals surface area contributed by atoms with Gasteiger partial charge < -0.3 is 33.3 Å². The SMILES string of the molecule is CCCCCCC/C=C\C/C=C\C/C=C\CCCCCCCCCCCCCCCCCCCCCCCCCCC(=O)OC(COC(=O)CCCCCCCCCCCCCCCCCCCCCCCCCCCCCCCCCC)COC(OCC[N+](C)(C)C)C(=O)[O-]. The first-order chi connectivity index (χ1) is 47.1. The molecule has 0 N–H and O–H groups in total. The number of likely N-dealkylation sites (N-methyl/N-ethyl adjacent to an activating group) is 1. The molecule has 0 aliphatic carbocycles. The second kappa shape index (κ2) is 78.2. The van der Waals surface area contributed by atoms with Crippen LogP contribution in [0, 0.1) is 0 Å². The van der Waals surface area contributed by atoms with E-state index < -0.39 is 24.3 Å². The number of quaternary nitrogens is 1. The Bertz CT molecular complexity index is 1670. The van der Waals surface area contributed by atoms with Crippen molar-refractivity contribution in [3.8, 4) is 0 Å². The van der Waals surface area contributed by atoms with Gasteiger partial charge in [-0.3, -0.25) is 9.59 Å². The van der Waals surface area contributed by atoms with Crippen molar-refractivity contribution in [1.29, 1.82) is 0 Å². The molecule has 2 atom stereocenters. The third-order valence-corrected chi connectivity index (χ3v) is 19.6. The van der Waals surface area contributed by atoms with Gasteiger partial charge in [-0.05, 0) is 51.4 Å². The molecule has 0 rings (SSSR count). The lowest BCUT2D eigenvalue weighted by Gasteiger charge is -2.26. The van der Waals surface area contributed by atoms with E-state index in [0.717, 1.165) is 51.4 Å². The van der Waals surface area contributed by atoms with E-state index >= 15 is 0 Å². The molecule has 96 heavy (non-hydrogen) atoms. The van der Waals surface area contributed by atoms with Crippen LogP contribution in [-0.4, -0.2) is 82.3 Å². The minimum Gasteiger partial charge on any atom is -0.545 e. The molecule has 0 aliphatic heterocycles. The number of carbonyl (C=O) groups excluding carboxylic acids is 3. The predicted octanol–water partition coefficient (Wildman–Crippen LogP) is 26.1. The molecular weight excluding hydrogens is 1190 g/mol. The first-order valence-electron chi connectivity index (χ1n) is 42.6. The molecule has 0 heterocycles. The summed E-state index contributed by atoms with van der Waals surface area (Å²) in [6, 6.07) is 0. The van der Waals surface area contributed by atoms with Gasteiger partial charge in [-0.15, -0.1) is 0 Å². The van der Waals surface area contributed by atoms with Crippen LogP contribution in [-0.2, 0) is 33.3 Å². The molecule has 0 bridgehead atoms. The Labute approximate surface area is 598 Å². The predicted molar refractivity (Wildman–Crippen MR) is 413 cm³/mol. The summed E-state index contributed by atoms with van der Waals surface area (Å²) in [6.07, 6.45) is 98.7. The summed E-state index contributed by atoms with van der Waals surface area (Å²) < 4.78 is 22.9. The zero-order valence-electron chi connectivity index (χ0n) is 65.0. The van der Waals surface area contributed by atoms with Crippen molar-refractivity contribution in [1.82, 2.24) is 0 Å². The third-order valence-electron chi connectivity index (χ3n) is 19.6. The zero-order chi connectivity index (χ0) is 69.7.